The number of rotatable bonds is 2. The van der Waals surface area contributed by atoms with Crippen molar-refractivity contribution < 1.29 is 9.21 Å². The molecular weight excluding hydrogens is 214 g/mol. The van der Waals surface area contributed by atoms with Crippen LogP contribution in [0.25, 0.3) is 0 Å². The van der Waals surface area contributed by atoms with Gasteiger partial charge in [0.15, 0.2) is 5.76 Å². The van der Waals surface area contributed by atoms with Crippen molar-refractivity contribution in [3.8, 4) is 0 Å². The fraction of sp³-hybridized carbons (Fsp3) is 0.643. The lowest BCUT2D eigenvalue weighted by atomic mass is 9.63. The van der Waals surface area contributed by atoms with Crippen molar-refractivity contribution in [1.29, 1.82) is 0 Å². The van der Waals surface area contributed by atoms with Gasteiger partial charge in [-0.3, -0.25) is 4.79 Å². The minimum Gasteiger partial charge on any atom is -0.461 e. The fourth-order valence-electron chi connectivity index (χ4n) is 3.64. The number of nitrogens with one attached hydrogen (secondary N) is 1. The van der Waals surface area contributed by atoms with Gasteiger partial charge >= 0.3 is 0 Å². The molecule has 2 heterocycles. The molecule has 17 heavy (non-hydrogen) atoms. The van der Waals surface area contributed by atoms with Crippen LogP contribution in [0.15, 0.2) is 22.8 Å². The van der Waals surface area contributed by atoms with E-state index < -0.39 is 0 Å². The predicted molar refractivity (Wildman–Crippen MR) is 64.8 cm³/mol. The topological polar surface area (TPSA) is 42.2 Å². The van der Waals surface area contributed by atoms with Crippen LogP contribution in [-0.4, -0.2) is 18.9 Å². The van der Waals surface area contributed by atoms with Gasteiger partial charge in [-0.2, -0.15) is 0 Å². The molecule has 2 bridgehead atoms. The average molecular weight is 233 g/mol. The highest BCUT2D eigenvalue weighted by Gasteiger charge is 2.42. The lowest BCUT2D eigenvalue weighted by Crippen LogP contribution is -2.49. The van der Waals surface area contributed by atoms with Crippen molar-refractivity contribution in [3.05, 3.63) is 24.2 Å². The number of fused-ring (bicyclic) bond motifs is 2. The first-order chi connectivity index (χ1) is 8.16. The molecular formula is C14H19NO2. The first-order valence-corrected chi connectivity index (χ1v) is 6.45. The number of carbonyl (C=O) groups excluding carboxylic acids is 1. The second kappa shape index (κ2) is 3.98. The largest absolute Gasteiger partial charge is 0.461 e. The molecule has 1 aliphatic carbocycles. The Morgan fingerprint density at radius 1 is 1.53 bits per heavy atom. The molecule has 3 atom stereocenters. The number of furan rings is 1. The number of hydrogen-bond acceptors (Lipinski definition) is 3. The molecule has 1 aromatic heterocycles. The van der Waals surface area contributed by atoms with Crippen LogP contribution in [0.1, 0.15) is 36.7 Å². The van der Waals surface area contributed by atoms with Crippen LogP contribution in [0.5, 0.6) is 0 Å². The van der Waals surface area contributed by atoms with Crippen LogP contribution >= 0.6 is 0 Å². The minimum absolute atomic E-state index is 0.159. The highest BCUT2D eigenvalue weighted by Crippen LogP contribution is 2.44. The monoisotopic (exact) mass is 233 g/mol. The van der Waals surface area contributed by atoms with E-state index in [1.165, 1.54) is 6.42 Å². The summed E-state index contributed by atoms with van der Waals surface area (Å²) in [7, 11) is 0. The van der Waals surface area contributed by atoms with E-state index >= 15 is 0 Å². The predicted octanol–water partition coefficient (Wildman–Crippen LogP) is 2.49. The molecule has 3 nitrogen and oxygen atoms in total. The standard InChI is InChI=1S/C14H19NO2/c1-14-6-10(8-15-9-14)5-11(7-14)13(16)12-3-2-4-17-12/h2-4,10-11,15H,5-9H2,1H3. The Labute approximate surface area is 102 Å². The quantitative estimate of drug-likeness (QED) is 0.798. The average Bonchev–Trinajstić information content (AvgIpc) is 2.79. The van der Waals surface area contributed by atoms with E-state index in [9.17, 15) is 4.79 Å². The first kappa shape index (κ1) is 11.0. The molecule has 1 aromatic rings. The highest BCUT2D eigenvalue weighted by molar-refractivity contribution is 5.95. The van der Waals surface area contributed by atoms with Crippen LogP contribution in [-0.2, 0) is 0 Å². The van der Waals surface area contributed by atoms with Crippen LogP contribution in [0.2, 0.25) is 0 Å². The van der Waals surface area contributed by atoms with E-state index in [0.29, 0.717) is 17.1 Å². The lowest BCUT2D eigenvalue weighted by molar-refractivity contribution is 0.0526. The van der Waals surface area contributed by atoms with Crippen LogP contribution in [0.4, 0.5) is 0 Å². The Balaban J connectivity index is 1.79. The first-order valence-electron chi connectivity index (χ1n) is 6.45. The van der Waals surface area contributed by atoms with Gasteiger partial charge < -0.3 is 9.73 Å². The normalized spacial score (nSPS) is 36.8. The maximum atomic E-state index is 12.3. The minimum atomic E-state index is 0.159. The second-order valence-corrected chi connectivity index (χ2v) is 5.99. The van der Waals surface area contributed by atoms with Crippen LogP contribution in [0.3, 0.4) is 0 Å². The zero-order valence-electron chi connectivity index (χ0n) is 10.2. The maximum Gasteiger partial charge on any atom is 0.201 e. The van der Waals surface area contributed by atoms with Gasteiger partial charge in [0.05, 0.1) is 6.26 Å². The van der Waals surface area contributed by atoms with Gasteiger partial charge in [-0.1, -0.05) is 6.92 Å². The van der Waals surface area contributed by atoms with Crippen molar-refractivity contribution in [3.63, 3.8) is 0 Å². The van der Waals surface area contributed by atoms with Gasteiger partial charge in [0.2, 0.25) is 5.78 Å². The van der Waals surface area contributed by atoms with E-state index in [4.69, 9.17) is 4.42 Å². The third-order valence-corrected chi connectivity index (χ3v) is 4.26. The Bertz CT molecular complexity index is 412. The van der Waals surface area contributed by atoms with Gasteiger partial charge in [-0.25, -0.2) is 0 Å². The van der Waals surface area contributed by atoms with E-state index in [-0.39, 0.29) is 11.7 Å². The number of Topliss-reactive ketones (excluding diaryl/α,β-unsaturated/α-hetero) is 1. The van der Waals surface area contributed by atoms with Crippen molar-refractivity contribution in [2.45, 2.75) is 26.2 Å². The number of hydrogen-bond donors (Lipinski definition) is 1. The summed E-state index contributed by atoms with van der Waals surface area (Å²) in [6, 6.07) is 3.58. The molecule has 3 heteroatoms. The smallest absolute Gasteiger partial charge is 0.201 e. The summed E-state index contributed by atoms with van der Waals surface area (Å²) in [5.41, 5.74) is 0.300. The summed E-state index contributed by atoms with van der Waals surface area (Å²) in [5, 5.41) is 3.49. The van der Waals surface area contributed by atoms with E-state index in [2.05, 4.69) is 12.2 Å². The Morgan fingerprint density at radius 3 is 3.12 bits per heavy atom. The second-order valence-electron chi connectivity index (χ2n) is 5.99. The van der Waals surface area contributed by atoms with Gasteiger partial charge in [-0.05, 0) is 49.3 Å². The van der Waals surface area contributed by atoms with Crippen LogP contribution < -0.4 is 5.32 Å². The summed E-state index contributed by atoms with van der Waals surface area (Å²) in [6.45, 7) is 4.41. The van der Waals surface area contributed by atoms with Gasteiger partial charge in [-0.15, -0.1) is 0 Å². The molecule has 2 aliphatic rings. The summed E-state index contributed by atoms with van der Waals surface area (Å²) in [6.07, 6.45) is 4.86. The molecule has 3 rings (SSSR count). The van der Waals surface area contributed by atoms with Crippen molar-refractivity contribution >= 4 is 5.78 Å². The molecule has 0 spiro atoms. The van der Waals surface area contributed by atoms with E-state index in [1.54, 1.807) is 18.4 Å². The molecule has 2 fully saturated rings. The summed E-state index contributed by atoms with van der Waals surface area (Å²) >= 11 is 0. The maximum absolute atomic E-state index is 12.3. The SMILES string of the molecule is CC12CNCC(CC(C(=O)c3ccco3)C1)C2. The zero-order valence-corrected chi connectivity index (χ0v) is 10.2. The number of piperidine rings is 1. The zero-order chi connectivity index (χ0) is 11.9. The number of carbonyl (C=O) groups is 1. The van der Waals surface area contributed by atoms with Crippen molar-refractivity contribution in [1.82, 2.24) is 5.32 Å². The third-order valence-electron chi connectivity index (χ3n) is 4.26. The fourth-order valence-corrected chi connectivity index (χ4v) is 3.64. The van der Waals surface area contributed by atoms with Gasteiger partial charge in [0.1, 0.15) is 0 Å². The molecule has 92 valence electrons. The highest BCUT2D eigenvalue weighted by atomic mass is 16.3. The van der Waals surface area contributed by atoms with E-state index in [1.807, 2.05) is 0 Å². The molecule has 1 N–H and O–H groups in total. The summed E-state index contributed by atoms with van der Waals surface area (Å²) in [5.74, 6) is 1.55. The number of ketones is 1. The Hall–Kier alpha value is -1.09. The van der Waals surface area contributed by atoms with Crippen molar-refractivity contribution in [2.24, 2.45) is 17.3 Å². The van der Waals surface area contributed by atoms with E-state index in [0.717, 1.165) is 25.9 Å². The van der Waals surface area contributed by atoms with Crippen molar-refractivity contribution in [2.75, 3.05) is 13.1 Å². The van der Waals surface area contributed by atoms with Crippen LogP contribution in [0, 0.1) is 17.3 Å². The van der Waals surface area contributed by atoms with Gasteiger partial charge in [0, 0.05) is 12.5 Å². The summed E-state index contributed by atoms with van der Waals surface area (Å²) in [4.78, 5) is 12.3. The lowest BCUT2D eigenvalue weighted by Gasteiger charge is -2.46. The third kappa shape index (κ3) is 2.04. The molecule has 0 radical (unpaired) electrons. The molecule has 0 amide bonds. The van der Waals surface area contributed by atoms with Gasteiger partial charge in [0.25, 0.3) is 0 Å². The molecule has 1 aliphatic heterocycles. The Kier molecular flexibility index (Phi) is 2.58. The molecule has 3 unspecified atom stereocenters. The molecule has 1 saturated carbocycles. The molecule has 0 aromatic carbocycles. The summed E-state index contributed by atoms with van der Waals surface area (Å²) < 4.78 is 5.24. The Morgan fingerprint density at radius 2 is 2.41 bits per heavy atom. The molecule has 1 saturated heterocycles.